The quantitative estimate of drug-likeness (QED) is 0.414. The van der Waals surface area contributed by atoms with Crippen LogP contribution in [0.2, 0.25) is 0 Å². The number of aromatic nitrogens is 1. The molecule has 0 unspecified atom stereocenters. The van der Waals surface area contributed by atoms with E-state index in [1.807, 2.05) is 34.6 Å². The number of guanidine groups is 1. The molecule has 0 bridgehead atoms. The van der Waals surface area contributed by atoms with Crippen LogP contribution in [0.4, 0.5) is 4.79 Å². The van der Waals surface area contributed by atoms with Crippen molar-refractivity contribution in [1.82, 2.24) is 20.9 Å². The Labute approximate surface area is 148 Å². The summed E-state index contributed by atoms with van der Waals surface area (Å²) in [5.41, 5.74) is 0.587. The number of thiazole rings is 1. The summed E-state index contributed by atoms with van der Waals surface area (Å²) < 4.78 is 5.18. The molecular formula is C16H29N5O2S. The lowest BCUT2D eigenvalue weighted by Crippen LogP contribution is -2.39. The smallest absolute Gasteiger partial charge is 0.407 e. The Morgan fingerprint density at radius 1 is 1.21 bits per heavy atom. The molecule has 0 atom stereocenters. The van der Waals surface area contributed by atoms with Crippen molar-refractivity contribution < 1.29 is 9.53 Å². The van der Waals surface area contributed by atoms with Crippen molar-refractivity contribution in [3.63, 3.8) is 0 Å². The van der Waals surface area contributed by atoms with E-state index in [9.17, 15) is 4.79 Å². The van der Waals surface area contributed by atoms with Gasteiger partial charge >= 0.3 is 6.09 Å². The fourth-order valence-electron chi connectivity index (χ4n) is 1.92. The van der Waals surface area contributed by atoms with E-state index in [0.29, 0.717) is 19.6 Å². The number of ether oxygens (including phenoxy) is 1. The molecule has 1 rings (SSSR count). The molecule has 0 aliphatic heterocycles. The van der Waals surface area contributed by atoms with Crippen molar-refractivity contribution in [2.75, 3.05) is 20.1 Å². The molecule has 8 heteroatoms. The standard InChI is InChI=1S/C16H29N5O2S/c1-11-13(24-12(2)21-11)10-20-14(17-6)18-8-7-9-19-15(22)23-16(3,4)5/h7-10H2,1-6H3,(H,19,22)(H2,17,18,20). The summed E-state index contributed by atoms with van der Waals surface area (Å²) in [6.07, 6.45) is 0.389. The minimum atomic E-state index is -0.471. The van der Waals surface area contributed by atoms with E-state index in [1.165, 1.54) is 4.88 Å². The van der Waals surface area contributed by atoms with Gasteiger partial charge in [0.1, 0.15) is 5.60 Å². The van der Waals surface area contributed by atoms with Crippen LogP contribution >= 0.6 is 11.3 Å². The minimum Gasteiger partial charge on any atom is -0.444 e. The van der Waals surface area contributed by atoms with Crippen molar-refractivity contribution in [3.05, 3.63) is 15.6 Å². The molecule has 1 amide bonds. The third-order valence-corrected chi connectivity index (χ3v) is 4.03. The summed E-state index contributed by atoms with van der Waals surface area (Å²) in [6, 6.07) is 0. The number of aliphatic imine (C=N–C) groups is 1. The molecule has 7 nitrogen and oxygen atoms in total. The van der Waals surface area contributed by atoms with Crippen LogP contribution in [-0.4, -0.2) is 42.8 Å². The van der Waals surface area contributed by atoms with Gasteiger partial charge in [-0.1, -0.05) is 0 Å². The molecule has 1 aromatic heterocycles. The van der Waals surface area contributed by atoms with Gasteiger partial charge < -0.3 is 20.7 Å². The number of amides is 1. The molecule has 1 heterocycles. The predicted octanol–water partition coefficient (Wildman–Crippen LogP) is 2.34. The maximum atomic E-state index is 11.5. The van der Waals surface area contributed by atoms with Crippen LogP contribution in [0.3, 0.4) is 0 Å². The molecule has 0 spiro atoms. The molecule has 24 heavy (non-hydrogen) atoms. The number of hydrogen-bond acceptors (Lipinski definition) is 5. The molecule has 136 valence electrons. The lowest BCUT2D eigenvalue weighted by atomic mass is 10.2. The molecular weight excluding hydrogens is 326 g/mol. The van der Waals surface area contributed by atoms with Gasteiger partial charge in [-0.25, -0.2) is 9.78 Å². The third kappa shape index (κ3) is 8.14. The molecule has 0 fully saturated rings. The summed E-state index contributed by atoms with van der Waals surface area (Å²) in [6.45, 7) is 11.5. The van der Waals surface area contributed by atoms with Crippen LogP contribution in [0.25, 0.3) is 0 Å². The van der Waals surface area contributed by atoms with Crippen molar-refractivity contribution in [1.29, 1.82) is 0 Å². The average Bonchev–Trinajstić information content (AvgIpc) is 2.78. The summed E-state index contributed by atoms with van der Waals surface area (Å²) in [5, 5.41) is 10.3. The van der Waals surface area contributed by atoms with Crippen molar-refractivity contribution >= 4 is 23.4 Å². The zero-order chi connectivity index (χ0) is 18.2. The zero-order valence-corrected chi connectivity index (χ0v) is 16.3. The van der Waals surface area contributed by atoms with Crippen LogP contribution in [0.15, 0.2) is 4.99 Å². The largest absolute Gasteiger partial charge is 0.444 e. The summed E-state index contributed by atoms with van der Waals surface area (Å²) in [4.78, 5) is 21.3. The molecule has 3 N–H and O–H groups in total. The fraction of sp³-hybridized carbons (Fsp3) is 0.688. The second-order valence-electron chi connectivity index (χ2n) is 6.38. The number of carbonyl (C=O) groups excluding carboxylic acids is 1. The van der Waals surface area contributed by atoms with Gasteiger partial charge in [-0.05, 0) is 41.0 Å². The number of aryl methyl sites for hydroxylation is 2. The van der Waals surface area contributed by atoms with E-state index in [4.69, 9.17) is 4.74 Å². The van der Waals surface area contributed by atoms with Crippen molar-refractivity contribution in [3.8, 4) is 0 Å². The maximum Gasteiger partial charge on any atom is 0.407 e. The number of carbonyl (C=O) groups is 1. The Bertz CT molecular complexity index is 563. The molecule has 0 radical (unpaired) electrons. The number of hydrogen-bond donors (Lipinski definition) is 3. The van der Waals surface area contributed by atoms with E-state index in [-0.39, 0.29) is 6.09 Å². The highest BCUT2D eigenvalue weighted by molar-refractivity contribution is 7.11. The molecule has 0 aromatic carbocycles. The number of nitrogens with one attached hydrogen (secondary N) is 3. The third-order valence-electron chi connectivity index (χ3n) is 2.95. The second kappa shape index (κ2) is 9.46. The first-order valence-corrected chi connectivity index (χ1v) is 8.87. The minimum absolute atomic E-state index is 0.388. The van der Waals surface area contributed by atoms with Gasteiger partial charge in [0.25, 0.3) is 0 Å². The van der Waals surface area contributed by atoms with E-state index < -0.39 is 5.60 Å². The zero-order valence-electron chi connectivity index (χ0n) is 15.4. The highest BCUT2D eigenvalue weighted by Crippen LogP contribution is 2.16. The summed E-state index contributed by atoms with van der Waals surface area (Å²) in [5.74, 6) is 0.734. The Hall–Kier alpha value is -1.83. The van der Waals surface area contributed by atoms with Gasteiger partial charge in [0.15, 0.2) is 5.96 Å². The van der Waals surface area contributed by atoms with Crippen LogP contribution in [0.5, 0.6) is 0 Å². The SMILES string of the molecule is CN=C(NCCCNC(=O)OC(C)(C)C)NCc1sc(C)nc1C. The summed E-state index contributed by atoms with van der Waals surface area (Å²) in [7, 11) is 1.74. The van der Waals surface area contributed by atoms with E-state index >= 15 is 0 Å². The topological polar surface area (TPSA) is 87.6 Å². The Morgan fingerprint density at radius 3 is 2.42 bits per heavy atom. The lowest BCUT2D eigenvalue weighted by molar-refractivity contribution is 0.0527. The average molecular weight is 356 g/mol. The maximum absolute atomic E-state index is 11.5. The highest BCUT2D eigenvalue weighted by Gasteiger charge is 2.15. The first-order chi connectivity index (χ1) is 11.2. The molecule has 0 saturated carbocycles. The molecule has 1 aromatic rings. The molecule has 0 saturated heterocycles. The van der Waals surface area contributed by atoms with Gasteiger partial charge in [-0.15, -0.1) is 11.3 Å². The molecule has 0 aliphatic rings. The second-order valence-corrected chi connectivity index (χ2v) is 7.66. The van der Waals surface area contributed by atoms with Crippen LogP contribution in [0, 0.1) is 13.8 Å². The van der Waals surface area contributed by atoms with Crippen LogP contribution in [-0.2, 0) is 11.3 Å². The van der Waals surface area contributed by atoms with Crippen molar-refractivity contribution in [2.24, 2.45) is 4.99 Å². The predicted molar refractivity (Wildman–Crippen MR) is 98.6 cm³/mol. The first-order valence-electron chi connectivity index (χ1n) is 8.05. The van der Waals surface area contributed by atoms with E-state index in [2.05, 4.69) is 25.9 Å². The highest BCUT2D eigenvalue weighted by atomic mass is 32.1. The monoisotopic (exact) mass is 355 g/mol. The Morgan fingerprint density at radius 2 is 1.88 bits per heavy atom. The summed E-state index contributed by atoms with van der Waals surface area (Å²) >= 11 is 1.69. The van der Waals surface area contributed by atoms with Gasteiger partial charge in [0, 0.05) is 25.0 Å². The van der Waals surface area contributed by atoms with Crippen LogP contribution in [0.1, 0.15) is 42.8 Å². The van der Waals surface area contributed by atoms with E-state index in [1.54, 1.807) is 18.4 Å². The van der Waals surface area contributed by atoms with Gasteiger partial charge in [0.05, 0.1) is 17.2 Å². The number of alkyl carbamates (subject to hydrolysis) is 1. The van der Waals surface area contributed by atoms with Crippen molar-refractivity contribution in [2.45, 2.75) is 53.2 Å². The van der Waals surface area contributed by atoms with Crippen LogP contribution < -0.4 is 16.0 Å². The first kappa shape index (κ1) is 20.2. The lowest BCUT2D eigenvalue weighted by Gasteiger charge is -2.19. The molecule has 0 aliphatic carbocycles. The number of nitrogens with zero attached hydrogens (tertiary/aromatic N) is 2. The van der Waals surface area contributed by atoms with Gasteiger partial charge in [-0.3, -0.25) is 4.99 Å². The van der Waals surface area contributed by atoms with Gasteiger partial charge in [-0.2, -0.15) is 0 Å². The van der Waals surface area contributed by atoms with Gasteiger partial charge in [0.2, 0.25) is 0 Å². The fourth-order valence-corrected chi connectivity index (χ4v) is 2.80. The Balaban J connectivity index is 2.21. The number of rotatable bonds is 6. The van der Waals surface area contributed by atoms with E-state index in [0.717, 1.165) is 23.1 Å². The normalized spacial score (nSPS) is 12.0. The Kier molecular flexibility index (Phi) is 7.97.